The van der Waals surface area contributed by atoms with Gasteiger partial charge in [-0.3, -0.25) is 4.79 Å². The van der Waals surface area contributed by atoms with E-state index in [1.54, 1.807) is 6.92 Å². The monoisotopic (exact) mass is 353 g/mol. The first-order valence-corrected chi connectivity index (χ1v) is 7.64. The summed E-state index contributed by atoms with van der Waals surface area (Å²) < 4.78 is 5.91. The Balaban J connectivity index is 2.74. The van der Waals surface area contributed by atoms with Crippen molar-refractivity contribution in [2.75, 3.05) is 6.61 Å². The molecule has 0 bridgehead atoms. The topological polar surface area (TPSA) is 52.3 Å². The molecule has 18 heavy (non-hydrogen) atoms. The Morgan fingerprint density at radius 1 is 1.67 bits per heavy atom. The van der Waals surface area contributed by atoms with Gasteiger partial charge in [0.2, 0.25) is 0 Å². The van der Waals surface area contributed by atoms with Crippen LogP contribution in [0.1, 0.15) is 38.1 Å². The fourth-order valence-corrected chi connectivity index (χ4v) is 3.35. The van der Waals surface area contributed by atoms with Crippen LogP contribution in [-0.4, -0.2) is 12.6 Å². The third-order valence-corrected chi connectivity index (χ3v) is 5.19. The molecule has 0 fully saturated rings. The van der Waals surface area contributed by atoms with E-state index >= 15 is 0 Å². The Kier molecular flexibility index (Phi) is 5.65. The van der Waals surface area contributed by atoms with Gasteiger partial charge >= 0.3 is 5.97 Å². The van der Waals surface area contributed by atoms with Crippen molar-refractivity contribution in [2.24, 2.45) is 11.1 Å². The maximum absolute atomic E-state index is 11.8. The number of rotatable bonds is 5. The van der Waals surface area contributed by atoms with Gasteiger partial charge in [-0.2, -0.15) is 0 Å². The summed E-state index contributed by atoms with van der Waals surface area (Å²) in [5, 5.41) is 0.652. The lowest BCUT2D eigenvalue weighted by Crippen LogP contribution is -2.30. The number of hydrogen-bond acceptors (Lipinski definition) is 4. The molecule has 1 rings (SSSR count). The maximum Gasteiger partial charge on any atom is 0.311 e. The fraction of sp³-hybridized carbons (Fsp3) is 0.583. The van der Waals surface area contributed by atoms with E-state index in [4.69, 9.17) is 22.1 Å². The van der Waals surface area contributed by atoms with Crippen molar-refractivity contribution in [1.82, 2.24) is 0 Å². The number of nitrogens with two attached hydrogens (primary N) is 1. The highest BCUT2D eigenvalue weighted by atomic mass is 79.9. The highest BCUT2D eigenvalue weighted by Crippen LogP contribution is 2.38. The normalized spacial score (nSPS) is 13.4. The van der Waals surface area contributed by atoms with Gasteiger partial charge in [-0.1, -0.05) is 11.6 Å². The minimum atomic E-state index is -0.599. The molecule has 0 amide bonds. The van der Waals surface area contributed by atoms with Crippen LogP contribution in [0.3, 0.4) is 0 Å². The van der Waals surface area contributed by atoms with Crippen LogP contribution in [0.2, 0.25) is 5.02 Å². The zero-order valence-electron chi connectivity index (χ0n) is 10.6. The number of hydrogen-bond donors (Lipinski definition) is 1. The Bertz CT molecular complexity index is 414. The van der Waals surface area contributed by atoms with Crippen molar-refractivity contribution in [1.29, 1.82) is 0 Å². The van der Waals surface area contributed by atoms with E-state index in [2.05, 4.69) is 15.9 Å². The summed E-state index contributed by atoms with van der Waals surface area (Å²) in [6, 6.07) is 1.61. The number of halogens is 2. The molecule has 0 saturated carbocycles. The molecule has 0 aliphatic carbocycles. The lowest BCUT2D eigenvalue weighted by atomic mass is 9.85. The third kappa shape index (κ3) is 3.95. The van der Waals surface area contributed by atoms with E-state index < -0.39 is 5.41 Å². The highest BCUT2D eigenvalue weighted by molar-refractivity contribution is 9.11. The van der Waals surface area contributed by atoms with Crippen molar-refractivity contribution in [3.63, 3.8) is 0 Å². The molecule has 1 aromatic rings. The molecule has 102 valence electrons. The molecular weight excluding hydrogens is 338 g/mol. The van der Waals surface area contributed by atoms with Crippen LogP contribution >= 0.6 is 38.9 Å². The quantitative estimate of drug-likeness (QED) is 0.808. The van der Waals surface area contributed by atoms with Gasteiger partial charge in [-0.25, -0.2) is 0 Å². The molecule has 0 spiro atoms. The summed E-state index contributed by atoms with van der Waals surface area (Å²) in [5.74, 6) is -0.220. The number of thiophene rings is 1. The summed E-state index contributed by atoms with van der Waals surface area (Å²) >= 11 is 10.8. The van der Waals surface area contributed by atoms with Gasteiger partial charge in [0.1, 0.15) is 0 Å². The summed E-state index contributed by atoms with van der Waals surface area (Å²) in [6.07, 6.45) is 0.523. The molecule has 0 aliphatic rings. The van der Waals surface area contributed by atoms with Gasteiger partial charge in [0.15, 0.2) is 0 Å². The fourth-order valence-electron chi connectivity index (χ4n) is 1.61. The predicted octanol–water partition coefficient (Wildman–Crippen LogP) is 4.14. The van der Waals surface area contributed by atoms with Crippen LogP contribution in [-0.2, 0) is 9.53 Å². The second kappa shape index (κ2) is 6.37. The maximum atomic E-state index is 11.8. The van der Waals surface area contributed by atoms with Crippen LogP contribution in [0.25, 0.3) is 0 Å². The number of carbonyl (C=O) groups excluding carboxylic acids is 1. The zero-order chi connectivity index (χ0) is 13.9. The standard InChI is InChI=1S/C12H17BrClNO2S/c1-4-17-11(16)12(2,3)6-8(15)9-5-7(14)10(13)18-9/h5,8H,4,6,15H2,1-3H3. The van der Waals surface area contributed by atoms with E-state index in [-0.39, 0.29) is 12.0 Å². The smallest absolute Gasteiger partial charge is 0.311 e. The van der Waals surface area contributed by atoms with Gasteiger partial charge in [0.25, 0.3) is 0 Å². The molecule has 0 aromatic carbocycles. The Hall–Kier alpha value is -0.100. The molecule has 0 saturated heterocycles. The second-order valence-corrected chi connectivity index (χ2v) is 7.49. The van der Waals surface area contributed by atoms with Crippen LogP contribution in [0.15, 0.2) is 9.85 Å². The van der Waals surface area contributed by atoms with E-state index in [0.717, 1.165) is 8.66 Å². The van der Waals surface area contributed by atoms with E-state index in [9.17, 15) is 4.79 Å². The first-order valence-electron chi connectivity index (χ1n) is 5.65. The first kappa shape index (κ1) is 16.0. The molecule has 0 aliphatic heterocycles. The Labute approximate surface area is 125 Å². The van der Waals surface area contributed by atoms with E-state index in [0.29, 0.717) is 18.1 Å². The Morgan fingerprint density at radius 3 is 2.72 bits per heavy atom. The third-order valence-electron chi connectivity index (χ3n) is 2.59. The number of ether oxygens (including phenoxy) is 1. The summed E-state index contributed by atoms with van der Waals surface area (Å²) in [6.45, 7) is 5.86. The van der Waals surface area contributed by atoms with Gasteiger partial charge in [0, 0.05) is 10.9 Å². The van der Waals surface area contributed by atoms with Crippen LogP contribution in [0.4, 0.5) is 0 Å². The van der Waals surface area contributed by atoms with Crippen molar-refractivity contribution in [3.05, 3.63) is 19.8 Å². The summed E-state index contributed by atoms with van der Waals surface area (Å²) in [4.78, 5) is 12.8. The first-order chi connectivity index (χ1) is 8.27. The van der Waals surface area contributed by atoms with Gasteiger partial charge in [0.05, 0.1) is 20.8 Å². The molecule has 2 N–H and O–H groups in total. The van der Waals surface area contributed by atoms with Crippen LogP contribution in [0, 0.1) is 5.41 Å². The van der Waals surface area contributed by atoms with Crippen LogP contribution in [0.5, 0.6) is 0 Å². The highest BCUT2D eigenvalue weighted by Gasteiger charge is 2.32. The molecule has 1 unspecified atom stereocenters. The second-order valence-electron chi connectivity index (χ2n) is 4.69. The van der Waals surface area contributed by atoms with Crippen molar-refractivity contribution < 1.29 is 9.53 Å². The molecule has 0 radical (unpaired) electrons. The van der Waals surface area contributed by atoms with Crippen molar-refractivity contribution in [2.45, 2.75) is 33.2 Å². The van der Waals surface area contributed by atoms with E-state index in [1.807, 2.05) is 19.9 Å². The van der Waals surface area contributed by atoms with Crippen molar-refractivity contribution >= 4 is 44.8 Å². The average molecular weight is 355 g/mol. The van der Waals surface area contributed by atoms with Crippen LogP contribution < -0.4 is 5.73 Å². The predicted molar refractivity (Wildman–Crippen MR) is 79.0 cm³/mol. The molecular formula is C12H17BrClNO2S. The minimum Gasteiger partial charge on any atom is -0.466 e. The van der Waals surface area contributed by atoms with E-state index in [1.165, 1.54) is 11.3 Å². The number of esters is 1. The minimum absolute atomic E-state index is 0.220. The molecule has 3 nitrogen and oxygen atoms in total. The SMILES string of the molecule is CCOC(=O)C(C)(C)CC(N)c1cc(Cl)c(Br)s1. The molecule has 1 aromatic heterocycles. The van der Waals surface area contributed by atoms with Gasteiger partial charge in [-0.05, 0) is 49.2 Å². The van der Waals surface area contributed by atoms with Crippen molar-refractivity contribution in [3.8, 4) is 0 Å². The molecule has 1 heterocycles. The summed E-state index contributed by atoms with van der Waals surface area (Å²) in [7, 11) is 0. The lowest BCUT2D eigenvalue weighted by Gasteiger charge is -2.25. The average Bonchev–Trinajstić information content (AvgIpc) is 2.59. The molecule has 6 heteroatoms. The zero-order valence-corrected chi connectivity index (χ0v) is 13.8. The Morgan fingerprint density at radius 2 is 2.28 bits per heavy atom. The van der Waals surface area contributed by atoms with Gasteiger partial charge in [-0.15, -0.1) is 11.3 Å². The molecule has 1 atom stereocenters. The summed E-state index contributed by atoms with van der Waals surface area (Å²) in [5.41, 5.74) is 5.52. The van der Waals surface area contributed by atoms with Gasteiger partial charge < -0.3 is 10.5 Å². The number of carbonyl (C=O) groups is 1. The largest absolute Gasteiger partial charge is 0.466 e. The lowest BCUT2D eigenvalue weighted by molar-refractivity contribution is -0.154.